The smallest absolute Gasteiger partial charge is 0.0512 e. The fourth-order valence-corrected chi connectivity index (χ4v) is 3.65. The third kappa shape index (κ3) is 2.85. The molecule has 1 aromatic rings. The number of hydrogen-bond donors (Lipinski definition) is 1. The molecule has 2 nitrogen and oxygen atoms in total. The maximum atomic E-state index is 5.66. The number of hydrogen-bond acceptors (Lipinski definition) is 2. The second-order valence-electron chi connectivity index (χ2n) is 5.98. The first kappa shape index (κ1) is 13.1. The summed E-state index contributed by atoms with van der Waals surface area (Å²) in [5.41, 5.74) is 4.61. The SMILES string of the molecule is CNC(c1ccc2c(c1)CCCC2)C1CCCOC1. The van der Waals surface area contributed by atoms with Crippen molar-refractivity contribution < 1.29 is 4.74 Å². The number of rotatable bonds is 3. The monoisotopic (exact) mass is 259 g/mol. The summed E-state index contributed by atoms with van der Waals surface area (Å²) in [4.78, 5) is 0. The summed E-state index contributed by atoms with van der Waals surface area (Å²) >= 11 is 0. The van der Waals surface area contributed by atoms with Crippen LogP contribution in [0.3, 0.4) is 0 Å². The van der Waals surface area contributed by atoms with E-state index in [4.69, 9.17) is 4.74 Å². The van der Waals surface area contributed by atoms with Gasteiger partial charge in [-0.15, -0.1) is 0 Å². The van der Waals surface area contributed by atoms with E-state index in [1.807, 2.05) is 0 Å². The van der Waals surface area contributed by atoms with Crippen LogP contribution in [-0.2, 0) is 17.6 Å². The summed E-state index contributed by atoms with van der Waals surface area (Å²) in [6, 6.07) is 7.59. The second-order valence-corrected chi connectivity index (χ2v) is 5.98. The summed E-state index contributed by atoms with van der Waals surface area (Å²) in [5, 5.41) is 3.51. The third-order valence-corrected chi connectivity index (χ3v) is 4.71. The summed E-state index contributed by atoms with van der Waals surface area (Å²) in [6.45, 7) is 1.85. The van der Waals surface area contributed by atoms with Crippen LogP contribution in [0.2, 0.25) is 0 Å². The Kier molecular flexibility index (Phi) is 4.19. The predicted molar refractivity (Wildman–Crippen MR) is 78.4 cm³/mol. The number of ether oxygens (including phenoxy) is 1. The molecule has 1 saturated heterocycles. The van der Waals surface area contributed by atoms with Crippen molar-refractivity contribution >= 4 is 0 Å². The van der Waals surface area contributed by atoms with E-state index in [0.29, 0.717) is 12.0 Å². The summed E-state index contributed by atoms with van der Waals surface area (Å²) in [5.74, 6) is 0.625. The Morgan fingerprint density at radius 1 is 1.16 bits per heavy atom. The minimum Gasteiger partial charge on any atom is -0.381 e. The van der Waals surface area contributed by atoms with E-state index in [-0.39, 0.29) is 0 Å². The number of fused-ring (bicyclic) bond motifs is 1. The Balaban J connectivity index is 1.82. The standard InChI is InChI=1S/C17H25NO/c1-18-17(16-7-4-10-19-12-16)15-9-8-13-5-2-3-6-14(13)11-15/h8-9,11,16-18H,2-7,10,12H2,1H3. The Labute approximate surface area is 116 Å². The highest BCUT2D eigenvalue weighted by molar-refractivity contribution is 5.35. The molecule has 3 rings (SSSR count). The average molecular weight is 259 g/mol. The summed E-state index contributed by atoms with van der Waals surface area (Å²) in [6.07, 6.45) is 7.73. The van der Waals surface area contributed by atoms with Crippen molar-refractivity contribution in [1.82, 2.24) is 5.32 Å². The van der Waals surface area contributed by atoms with E-state index >= 15 is 0 Å². The van der Waals surface area contributed by atoms with Gasteiger partial charge in [0, 0.05) is 18.6 Å². The van der Waals surface area contributed by atoms with E-state index in [9.17, 15) is 0 Å². The number of aryl methyl sites for hydroxylation is 2. The average Bonchev–Trinajstić information content (AvgIpc) is 2.49. The normalized spacial score (nSPS) is 24.8. The van der Waals surface area contributed by atoms with Crippen LogP contribution in [0.25, 0.3) is 0 Å². The van der Waals surface area contributed by atoms with Crippen LogP contribution >= 0.6 is 0 Å². The van der Waals surface area contributed by atoms with Crippen LogP contribution in [0, 0.1) is 5.92 Å². The van der Waals surface area contributed by atoms with Crippen molar-refractivity contribution in [2.45, 2.75) is 44.6 Å². The fraction of sp³-hybridized carbons (Fsp3) is 0.647. The maximum Gasteiger partial charge on any atom is 0.0512 e. The molecule has 2 heteroatoms. The van der Waals surface area contributed by atoms with Crippen molar-refractivity contribution in [3.8, 4) is 0 Å². The molecule has 2 aliphatic rings. The van der Waals surface area contributed by atoms with Crippen molar-refractivity contribution in [3.05, 3.63) is 34.9 Å². The van der Waals surface area contributed by atoms with Crippen molar-refractivity contribution in [3.63, 3.8) is 0 Å². The molecule has 0 radical (unpaired) electrons. The zero-order valence-corrected chi connectivity index (χ0v) is 12.0. The van der Waals surface area contributed by atoms with Crippen LogP contribution in [0.15, 0.2) is 18.2 Å². The van der Waals surface area contributed by atoms with E-state index in [1.165, 1.54) is 44.1 Å². The van der Waals surface area contributed by atoms with Gasteiger partial charge >= 0.3 is 0 Å². The largest absolute Gasteiger partial charge is 0.381 e. The van der Waals surface area contributed by atoms with E-state index in [0.717, 1.165) is 13.2 Å². The van der Waals surface area contributed by atoms with Crippen LogP contribution in [0.1, 0.15) is 48.4 Å². The molecule has 2 unspecified atom stereocenters. The molecule has 0 aromatic heterocycles. The van der Waals surface area contributed by atoms with Crippen molar-refractivity contribution in [2.75, 3.05) is 20.3 Å². The summed E-state index contributed by atoms with van der Waals surface area (Å²) < 4.78 is 5.66. The zero-order chi connectivity index (χ0) is 13.1. The highest BCUT2D eigenvalue weighted by Crippen LogP contribution is 2.31. The third-order valence-electron chi connectivity index (χ3n) is 4.71. The van der Waals surface area contributed by atoms with E-state index in [2.05, 4.69) is 30.6 Å². The minimum atomic E-state index is 0.451. The molecular formula is C17H25NO. The Bertz CT molecular complexity index is 423. The molecule has 0 spiro atoms. The lowest BCUT2D eigenvalue weighted by Crippen LogP contribution is -2.31. The molecule has 0 saturated carbocycles. The van der Waals surface area contributed by atoms with E-state index in [1.54, 1.807) is 11.1 Å². The van der Waals surface area contributed by atoms with Gasteiger partial charge in [0.1, 0.15) is 0 Å². The highest BCUT2D eigenvalue weighted by Gasteiger charge is 2.25. The van der Waals surface area contributed by atoms with Crippen molar-refractivity contribution in [1.29, 1.82) is 0 Å². The maximum absolute atomic E-state index is 5.66. The first-order valence-electron chi connectivity index (χ1n) is 7.75. The Hall–Kier alpha value is -0.860. The molecular weight excluding hydrogens is 234 g/mol. The lowest BCUT2D eigenvalue weighted by atomic mass is 9.84. The van der Waals surface area contributed by atoms with Gasteiger partial charge in [0.25, 0.3) is 0 Å². The van der Waals surface area contributed by atoms with Crippen LogP contribution in [-0.4, -0.2) is 20.3 Å². The van der Waals surface area contributed by atoms with Crippen molar-refractivity contribution in [2.24, 2.45) is 5.92 Å². The van der Waals surface area contributed by atoms with Gasteiger partial charge in [0.2, 0.25) is 0 Å². The second kappa shape index (κ2) is 6.06. The Morgan fingerprint density at radius 2 is 2.00 bits per heavy atom. The van der Waals surface area contributed by atoms with Gasteiger partial charge in [-0.3, -0.25) is 0 Å². The predicted octanol–water partition coefficient (Wildman–Crippen LogP) is 3.25. The molecule has 104 valence electrons. The topological polar surface area (TPSA) is 21.3 Å². The molecule has 19 heavy (non-hydrogen) atoms. The van der Waals surface area contributed by atoms with Gasteiger partial charge in [-0.2, -0.15) is 0 Å². The van der Waals surface area contributed by atoms with Gasteiger partial charge in [0.05, 0.1) is 6.61 Å². The molecule has 0 bridgehead atoms. The molecule has 0 amide bonds. The van der Waals surface area contributed by atoms with Gasteiger partial charge in [-0.05, 0) is 62.3 Å². The molecule has 1 aromatic carbocycles. The molecule has 1 heterocycles. The first-order chi connectivity index (χ1) is 9.38. The van der Waals surface area contributed by atoms with Gasteiger partial charge in [-0.25, -0.2) is 0 Å². The lowest BCUT2D eigenvalue weighted by Gasteiger charge is -2.31. The van der Waals surface area contributed by atoms with Crippen LogP contribution < -0.4 is 5.32 Å². The first-order valence-corrected chi connectivity index (χ1v) is 7.75. The quantitative estimate of drug-likeness (QED) is 0.899. The number of nitrogens with one attached hydrogen (secondary N) is 1. The highest BCUT2D eigenvalue weighted by atomic mass is 16.5. The zero-order valence-electron chi connectivity index (χ0n) is 12.0. The van der Waals surface area contributed by atoms with Gasteiger partial charge in [0.15, 0.2) is 0 Å². The molecule has 2 atom stereocenters. The molecule has 1 aliphatic carbocycles. The van der Waals surface area contributed by atoms with Gasteiger partial charge in [-0.1, -0.05) is 18.2 Å². The number of benzene rings is 1. The fourth-order valence-electron chi connectivity index (χ4n) is 3.65. The minimum absolute atomic E-state index is 0.451. The molecule has 1 fully saturated rings. The Morgan fingerprint density at radius 3 is 2.74 bits per heavy atom. The lowest BCUT2D eigenvalue weighted by molar-refractivity contribution is 0.0402. The van der Waals surface area contributed by atoms with Crippen LogP contribution in [0.5, 0.6) is 0 Å². The summed E-state index contributed by atoms with van der Waals surface area (Å²) in [7, 11) is 2.08. The van der Waals surface area contributed by atoms with Gasteiger partial charge < -0.3 is 10.1 Å². The van der Waals surface area contributed by atoms with E-state index < -0.39 is 0 Å². The molecule has 1 N–H and O–H groups in total. The van der Waals surface area contributed by atoms with Crippen LogP contribution in [0.4, 0.5) is 0 Å². The molecule has 1 aliphatic heterocycles.